The molecule has 1 N–H and O–H groups in total. The predicted molar refractivity (Wildman–Crippen MR) is 123 cm³/mol. The van der Waals surface area contributed by atoms with Crippen molar-refractivity contribution < 1.29 is 9.21 Å². The van der Waals surface area contributed by atoms with Crippen LogP contribution in [0.25, 0.3) is 0 Å². The van der Waals surface area contributed by atoms with Gasteiger partial charge in [0.25, 0.3) is 5.91 Å². The fourth-order valence-electron chi connectivity index (χ4n) is 3.92. The summed E-state index contributed by atoms with van der Waals surface area (Å²) in [5.41, 5.74) is 3.55. The molecule has 1 amide bonds. The molecule has 0 bridgehead atoms. The molecule has 1 saturated heterocycles. The van der Waals surface area contributed by atoms with E-state index in [9.17, 15) is 4.79 Å². The van der Waals surface area contributed by atoms with Gasteiger partial charge in [-0.05, 0) is 56.3 Å². The summed E-state index contributed by atoms with van der Waals surface area (Å²) in [7, 11) is 2.16. The van der Waals surface area contributed by atoms with Crippen molar-refractivity contribution in [2.75, 3.05) is 38.5 Å². The minimum atomic E-state index is -0.226. The number of piperazine rings is 1. The number of nitrogens with one attached hydrogen (secondary N) is 1. The summed E-state index contributed by atoms with van der Waals surface area (Å²) >= 11 is 7.79. The highest BCUT2D eigenvalue weighted by atomic mass is 35.5. The third-order valence-electron chi connectivity index (χ3n) is 5.77. The van der Waals surface area contributed by atoms with Crippen molar-refractivity contribution in [1.82, 2.24) is 9.80 Å². The van der Waals surface area contributed by atoms with E-state index >= 15 is 0 Å². The van der Waals surface area contributed by atoms with Gasteiger partial charge in [-0.25, -0.2) is 0 Å². The van der Waals surface area contributed by atoms with E-state index in [1.165, 1.54) is 22.3 Å². The highest BCUT2D eigenvalue weighted by Crippen LogP contribution is 2.42. The first-order valence-electron chi connectivity index (χ1n) is 10.1. The maximum absolute atomic E-state index is 12.7. The number of aryl methyl sites for hydroxylation is 1. The lowest BCUT2D eigenvalue weighted by Gasteiger charge is -2.39. The van der Waals surface area contributed by atoms with E-state index < -0.39 is 0 Å². The van der Waals surface area contributed by atoms with Crippen LogP contribution in [0.15, 0.2) is 47.1 Å². The molecule has 0 spiro atoms. The number of thiophene rings is 1. The van der Waals surface area contributed by atoms with Crippen molar-refractivity contribution >= 4 is 33.8 Å². The van der Waals surface area contributed by atoms with Crippen molar-refractivity contribution in [3.05, 3.63) is 75.0 Å². The Morgan fingerprint density at radius 3 is 2.47 bits per heavy atom. The van der Waals surface area contributed by atoms with Gasteiger partial charge in [-0.15, -0.1) is 11.3 Å². The molecule has 3 heterocycles. The Labute approximate surface area is 186 Å². The fraction of sp³-hybridized carbons (Fsp3) is 0.348. The second kappa shape index (κ2) is 8.94. The number of benzene rings is 1. The normalized spacial score (nSPS) is 16.5. The minimum Gasteiger partial charge on any atom is -0.459 e. The third-order valence-corrected chi connectivity index (χ3v) is 7.16. The third kappa shape index (κ3) is 4.32. The molecule has 1 fully saturated rings. The van der Waals surface area contributed by atoms with Gasteiger partial charge in [0.1, 0.15) is 5.00 Å². The van der Waals surface area contributed by atoms with Crippen molar-refractivity contribution in [3.63, 3.8) is 0 Å². The molecule has 2 aromatic heterocycles. The first kappa shape index (κ1) is 21.1. The Morgan fingerprint density at radius 2 is 1.83 bits per heavy atom. The standard InChI is InChI=1S/C23H26ClN3O2S/c1-15-16(2)30-23(25-22(28)19-5-4-14-29-19)20(15)21(17-6-8-18(24)9-7-17)27-12-10-26(3)11-13-27/h4-9,14,21H,10-13H2,1-3H3,(H,25,28)/t21-/m0/s1. The molecule has 7 heteroatoms. The van der Waals surface area contributed by atoms with E-state index in [0.717, 1.165) is 41.8 Å². The molecule has 0 saturated carbocycles. The van der Waals surface area contributed by atoms with Crippen molar-refractivity contribution in [2.24, 2.45) is 0 Å². The van der Waals surface area contributed by atoms with Gasteiger partial charge >= 0.3 is 0 Å². The van der Waals surface area contributed by atoms with Crippen LogP contribution in [0.1, 0.15) is 38.2 Å². The van der Waals surface area contributed by atoms with Gasteiger partial charge in [0.15, 0.2) is 5.76 Å². The number of carbonyl (C=O) groups excluding carboxylic acids is 1. The van der Waals surface area contributed by atoms with Crippen LogP contribution in [0.2, 0.25) is 5.02 Å². The Morgan fingerprint density at radius 1 is 1.13 bits per heavy atom. The molecule has 1 atom stereocenters. The lowest BCUT2D eigenvalue weighted by molar-refractivity contribution is 0.0996. The molecule has 3 aromatic rings. The number of anilines is 1. The molecule has 30 heavy (non-hydrogen) atoms. The van der Waals surface area contributed by atoms with Crippen LogP contribution in [-0.2, 0) is 0 Å². The summed E-state index contributed by atoms with van der Waals surface area (Å²) in [5.74, 6) is 0.0861. The Balaban J connectivity index is 1.76. The van der Waals surface area contributed by atoms with E-state index in [0.29, 0.717) is 5.76 Å². The predicted octanol–water partition coefficient (Wildman–Crippen LogP) is 5.20. The van der Waals surface area contributed by atoms with Gasteiger partial charge in [0.05, 0.1) is 12.3 Å². The van der Waals surface area contributed by atoms with Crippen LogP contribution in [-0.4, -0.2) is 48.9 Å². The topological polar surface area (TPSA) is 48.7 Å². The molecule has 1 aromatic carbocycles. The molecule has 1 aliphatic rings. The van der Waals surface area contributed by atoms with Crippen LogP contribution in [0.4, 0.5) is 5.00 Å². The van der Waals surface area contributed by atoms with Gasteiger partial charge in [-0.2, -0.15) is 0 Å². The number of likely N-dealkylation sites (N-methyl/N-ethyl adjacent to an activating group) is 1. The minimum absolute atomic E-state index is 0.0489. The number of hydrogen-bond donors (Lipinski definition) is 1. The molecule has 0 aliphatic carbocycles. The van der Waals surface area contributed by atoms with Gasteiger partial charge in [-0.1, -0.05) is 23.7 Å². The molecule has 5 nitrogen and oxygen atoms in total. The van der Waals surface area contributed by atoms with Gasteiger partial charge in [-0.3, -0.25) is 9.69 Å². The number of nitrogens with zero attached hydrogens (tertiary/aromatic N) is 2. The number of hydrogen-bond acceptors (Lipinski definition) is 5. The van der Waals surface area contributed by atoms with E-state index in [1.807, 2.05) is 12.1 Å². The maximum atomic E-state index is 12.7. The summed E-state index contributed by atoms with van der Waals surface area (Å²) in [4.78, 5) is 18.8. The summed E-state index contributed by atoms with van der Waals surface area (Å²) in [6.07, 6.45) is 1.52. The van der Waals surface area contributed by atoms with E-state index in [4.69, 9.17) is 16.0 Å². The van der Waals surface area contributed by atoms with Gasteiger partial charge < -0.3 is 14.6 Å². The van der Waals surface area contributed by atoms with Crippen LogP contribution in [0, 0.1) is 13.8 Å². The fourth-order valence-corrected chi connectivity index (χ4v) is 5.14. The number of furan rings is 1. The summed E-state index contributed by atoms with van der Waals surface area (Å²) in [6, 6.07) is 11.5. The van der Waals surface area contributed by atoms with Crippen LogP contribution < -0.4 is 5.32 Å². The van der Waals surface area contributed by atoms with Crippen molar-refractivity contribution in [2.45, 2.75) is 19.9 Å². The Kier molecular flexibility index (Phi) is 6.29. The van der Waals surface area contributed by atoms with E-state index in [2.05, 4.69) is 48.1 Å². The molecular weight excluding hydrogens is 418 g/mol. The molecule has 1 aliphatic heterocycles. The lowest BCUT2D eigenvalue weighted by Crippen LogP contribution is -2.46. The monoisotopic (exact) mass is 443 g/mol. The van der Waals surface area contributed by atoms with E-state index in [-0.39, 0.29) is 11.9 Å². The van der Waals surface area contributed by atoms with E-state index in [1.54, 1.807) is 23.5 Å². The second-order valence-electron chi connectivity index (χ2n) is 7.75. The summed E-state index contributed by atoms with van der Waals surface area (Å²) < 4.78 is 5.29. The zero-order chi connectivity index (χ0) is 21.3. The SMILES string of the molecule is Cc1sc(NC(=O)c2ccco2)c([C@H](c2ccc(Cl)cc2)N2CCN(C)CC2)c1C. The maximum Gasteiger partial charge on any atom is 0.291 e. The van der Waals surface area contributed by atoms with Crippen molar-refractivity contribution in [1.29, 1.82) is 0 Å². The van der Waals surface area contributed by atoms with Crippen LogP contribution in [0.5, 0.6) is 0 Å². The largest absolute Gasteiger partial charge is 0.459 e. The zero-order valence-corrected chi connectivity index (χ0v) is 19.0. The Bertz CT molecular complexity index is 1010. The van der Waals surface area contributed by atoms with Gasteiger partial charge in [0, 0.05) is 41.6 Å². The zero-order valence-electron chi connectivity index (χ0n) is 17.4. The first-order valence-corrected chi connectivity index (χ1v) is 11.3. The molecular formula is C23H26ClN3O2S. The number of halogens is 1. The lowest BCUT2D eigenvalue weighted by atomic mass is 9.94. The Hall–Kier alpha value is -2.12. The number of amides is 1. The van der Waals surface area contributed by atoms with Gasteiger partial charge in [0.2, 0.25) is 0 Å². The first-order chi connectivity index (χ1) is 14.4. The molecule has 0 radical (unpaired) electrons. The van der Waals surface area contributed by atoms with Crippen LogP contribution in [0.3, 0.4) is 0 Å². The molecule has 158 valence electrons. The highest BCUT2D eigenvalue weighted by molar-refractivity contribution is 7.16. The summed E-state index contributed by atoms with van der Waals surface area (Å²) in [5, 5.41) is 4.71. The smallest absolute Gasteiger partial charge is 0.291 e. The quantitative estimate of drug-likeness (QED) is 0.588. The number of rotatable bonds is 5. The molecule has 4 rings (SSSR count). The number of carbonyl (C=O) groups is 1. The summed E-state index contributed by atoms with van der Waals surface area (Å²) in [6.45, 7) is 8.20. The molecule has 0 unspecified atom stereocenters. The average molecular weight is 444 g/mol. The van der Waals surface area contributed by atoms with Crippen LogP contribution >= 0.6 is 22.9 Å². The average Bonchev–Trinajstić information content (AvgIpc) is 3.36. The second-order valence-corrected chi connectivity index (χ2v) is 9.41. The highest BCUT2D eigenvalue weighted by Gasteiger charge is 2.31. The van der Waals surface area contributed by atoms with Crippen molar-refractivity contribution in [3.8, 4) is 0 Å².